The third kappa shape index (κ3) is 2.04. The van der Waals surface area contributed by atoms with Crippen LogP contribution in [-0.2, 0) is 6.42 Å². The number of hydrogen-bond acceptors (Lipinski definition) is 3. The molecule has 0 unspecified atom stereocenters. The lowest BCUT2D eigenvalue weighted by Crippen LogP contribution is -1.97. The van der Waals surface area contributed by atoms with Crippen molar-refractivity contribution in [1.29, 1.82) is 0 Å². The molecular formula is C16H11ClN4. The molecule has 102 valence electrons. The van der Waals surface area contributed by atoms with E-state index in [1.54, 1.807) is 6.20 Å². The summed E-state index contributed by atoms with van der Waals surface area (Å²) >= 11 is 6.03. The molecule has 0 aliphatic rings. The summed E-state index contributed by atoms with van der Waals surface area (Å²) < 4.78 is 1.89. The van der Waals surface area contributed by atoms with Crippen molar-refractivity contribution in [2.75, 3.05) is 0 Å². The van der Waals surface area contributed by atoms with Crippen molar-refractivity contribution in [3.05, 3.63) is 71.4 Å². The number of hydrogen-bond donors (Lipinski definition) is 0. The molecule has 0 saturated heterocycles. The van der Waals surface area contributed by atoms with E-state index in [2.05, 4.69) is 51.6 Å². The van der Waals surface area contributed by atoms with Gasteiger partial charge in [0.2, 0.25) is 0 Å². The van der Waals surface area contributed by atoms with Gasteiger partial charge in [0.15, 0.2) is 10.8 Å². The second-order valence-corrected chi connectivity index (χ2v) is 5.20. The van der Waals surface area contributed by atoms with Crippen LogP contribution in [0.25, 0.3) is 16.4 Å². The molecule has 0 saturated carbocycles. The maximum absolute atomic E-state index is 6.03. The minimum absolute atomic E-state index is 0.370. The van der Waals surface area contributed by atoms with Crippen molar-refractivity contribution in [1.82, 2.24) is 19.6 Å². The molecule has 2 aromatic heterocycles. The van der Waals surface area contributed by atoms with Crippen molar-refractivity contribution < 1.29 is 0 Å². The van der Waals surface area contributed by atoms with Crippen molar-refractivity contribution in [2.24, 2.45) is 0 Å². The highest BCUT2D eigenvalue weighted by Crippen LogP contribution is 2.21. The lowest BCUT2D eigenvalue weighted by molar-refractivity contribution is 0.935. The van der Waals surface area contributed by atoms with Crippen LogP contribution in [0.15, 0.2) is 54.9 Å². The van der Waals surface area contributed by atoms with Gasteiger partial charge in [-0.05, 0) is 16.3 Å². The topological polar surface area (TPSA) is 43.1 Å². The first kappa shape index (κ1) is 12.3. The zero-order valence-corrected chi connectivity index (χ0v) is 11.8. The van der Waals surface area contributed by atoms with Crippen molar-refractivity contribution >= 4 is 28.0 Å². The number of halogens is 1. The lowest BCUT2D eigenvalue weighted by atomic mass is 10.0. The monoisotopic (exact) mass is 294 g/mol. The lowest BCUT2D eigenvalue weighted by Gasteiger charge is -2.05. The second-order valence-electron chi connectivity index (χ2n) is 4.84. The largest absolute Gasteiger partial charge is 0.282 e. The molecule has 0 fully saturated rings. The Kier molecular flexibility index (Phi) is 2.82. The van der Waals surface area contributed by atoms with Gasteiger partial charge in [0.25, 0.3) is 0 Å². The van der Waals surface area contributed by atoms with Gasteiger partial charge in [-0.25, -0.2) is 4.98 Å². The molecule has 0 N–H and O–H groups in total. The van der Waals surface area contributed by atoms with Crippen LogP contribution in [0.1, 0.15) is 11.4 Å². The van der Waals surface area contributed by atoms with Gasteiger partial charge in [-0.15, -0.1) is 10.2 Å². The van der Waals surface area contributed by atoms with Crippen LogP contribution < -0.4 is 0 Å². The predicted molar refractivity (Wildman–Crippen MR) is 82.5 cm³/mol. The molecule has 0 spiro atoms. The molecule has 2 heterocycles. The van der Waals surface area contributed by atoms with E-state index in [0.717, 1.165) is 5.82 Å². The zero-order chi connectivity index (χ0) is 14.2. The van der Waals surface area contributed by atoms with E-state index >= 15 is 0 Å². The highest BCUT2D eigenvalue weighted by Gasteiger charge is 2.10. The number of benzene rings is 2. The summed E-state index contributed by atoms with van der Waals surface area (Å²) in [6, 6.07) is 14.6. The van der Waals surface area contributed by atoms with Crippen LogP contribution in [0.4, 0.5) is 0 Å². The standard InChI is InChI=1S/C16H11ClN4/c17-15-16-20-19-14(21(16)9-8-18-15)10-12-6-3-5-11-4-1-2-7-13(11)12/h1-9H,10H2. The van der Waals surface area contributed by atoms with Gasteiger partial charge in [-0.2, -0.15) is 0 Å². The molecule has 0 bridgehead atoms. The molecule has 0 radical (unpaired) electrons. The third-order valence-electron chi connectivity index (χ3n) is 3.58. The predicted octanol–water partition coefficient (Wildman–Crippen LogP) is 3.52. The average molecular weight is 295 g/mol. The maximum Gasteiger partial charge on any atom is 0.198 e. The molecule has 0 aliphatic carbocycles. The van der Waals surface area contributed by atoms with Crippen LogP contribution >= 0.6 is 11.6 Å². The SMILES string of the molecule is Clc1nccn2c(Cc3cccc4ccccc34)nnc12. The molecule has 5 heteroatoms. The van der Waals surface area contributed by atoms with Gasteiger partial charge in [-0.3, -0.25) is 4.40 Å². The smallest absolute Gasteiger partial charge is 0.198 e. The minimum atomic E-state index is 0.370. The van der Waals surface area contributed by atoms with Gasteiger partial charge < -0.3 is 0 Å². The van der Waals surface area contributed by atoms with Gasteiger partial charge >= 0.3 is 0 Å². The van der Waals surface area contributed by atoms with Crippen LogP contribution in [-0.4, -0.2) is 19.6 Å². The van der Waals surface area contributed by atoms with Gasteiger partial charge in [0, 0.05) is 18.8 Å². The third-order valence-corrected chi connectivity index (χ3v) is 3.85. The molecule has 2 aromatic carbocycles. The highest BCUT2D eigenvalue weighted by molar-refractivity contribution is 6.32. The Hall–Kier alpha value is -2.46. The van der Waals surface area contributed by atoms with E-state index in [9.17, 15) is 0 Å². The van der Waals surface area contributed by atoms with Crippen molar-refractivity contribution in [2.45, 2.75) is 6.42 Å². The van der Waals surface area contributed by atoms with Gasteiger partial charge in [0.1, 0.15) is 5.82 Å². The summed E-state index contributed by atoms with van der Waals surface area (Å²) in [5, 5.41) is 11.2. The van der Waals surface area contributed by atoms with E-state index in [1.165, 1.54) is 16.3 Å². The fraction of sp³-hybridized carbons (Fsp3) is 0.0625. The molecule has 4 nitrogen and oxygen atoms in total. The Morgan fingerprint density at radius 2 is 1.86 bits per heavy atom. The minimum Gasteiger partial charge on any atom is -0.282 e. The number of fused-ring (bicyclic) bond motifs is 2. The number of rotatable bonds is 2. The zero-order valence-electron chi connectivity index (χ0n) is 11.1. The fourth-order valence-electron chi connectivity index (χ4n) is 2.58. The molecule has 4 aromatic rings. The van der Waals surface area contributed by atoms with Gasteiger partial charge in [-0.1, -0.05) is 54.1 Å². The maximum atomic E-state index is 6.03. The molecule has 0 aliphatic heterocycles. The molecule has 21 heavy (non-hydrogen) atoms. The van der Waals surface area contributed by atoms with Crippen molar-refractivity contribution in [3.8, 4) is 0 Å². The second kappa shape index (κ2) is 4.82. The van der Waals surface area contributed by atoms with Gasteiger partial charge in [0.05, 0.1) is 0 Å². The Morgan fingerprint density at radius 3 is 2.81 bits per heavy atom. The Balaban J connectivity index is 1.85. The Bertz CT molecular complexity index is 940. The first-order chi connectivity index (χ1) is 10.3. The molecular weight excluding hydrogens is 284 g/mol. The molecule has 0 amide bonds. The Labute approximate surface area is 126 Å². The highest BCUT2D eigenvalue weighted by atomic mass is 35.5. The van der Waals surface area contributed by atoms with E-state index in [1.807, 2.05) is 16.7 Å². The quantitative estimate of drug-likeness (QED) is 0.568. The first-order valence-corrected chi connectivity index (χ1v) is 7.01. The summed E-state index contributed by atoms with van der Waals surface area (Å²) in [4.78, 5) is 4.02. The molecule has 4 rings (SSSR count). The average Bonchev–Trinajstić information content (AvgIpc) is 2.92. The van der Waals surface area contributed by atoms with Crippen molar-refractivity contribution in [3.63, 3.8) is 0 Å². The normalized spacial score (nSPS) is 11.3. The summed E-state index contributed by atoms with van der Waals surface area (Å²) in [5.41, 5.74) is 1.81. The summed E-state index contributed by atoms with van der Waals surface area (Å²) in [6.07, 6.45) is 4.19. The first-order valence-electron chi connectivity index (χ1n) is 6.64. The summed E-state index contributed by atoms with van der Waals surface area (Å²) in [5.74, 6) is 0.852. The fourth-order valence-corrected chi connectivity index (χ4v) is 2.77. The van der Waals surface area contributed by atoms with Crippen LogP contribution in [0.3, 0.4) is 0 Å². The van der Waals surface area contributed by atoms with Crippen LogP contribution in [0.5, 0.6) is 0 Å². The van der Waals surface area contributed by atoms with E-state index in [-0.39, 0.29) is 0 Å². The van der Waals surface area contributed by atoms with Crippen LogP contribution in [0, 0.1) is 0 Å². The molecule has 0 atom stereocenters. The van der Waals surface area contributed by atoms with E-state index in [0.29, 0.717) is 17.2 Å². The van der Waals surface area contributed by atoms with E-state index in [4.69, 9.17) is 11.6 Å². The number of aromatic nitrogens is 4. The van der Waals surface area contributed by atoms with E-state index < -0.39 is 0 Å². The summed E-state index contributed by atoms with van der Waals surface area (Å²) in [7, 11) is 0. The Morgan fingerprint density at radius 1 is 1.00 bits per heavy atom. The van der Waals surface area contributed by atoms with Crippen LogP contribution in [0.2, 0.25) is 5.15 Å². The number of nitrogens with zero attached hydrogens (tertiary/aromatic N) is 4. The summed E-state index contributed by atoms with van der Waals surface area (Å²) in [6.45, 7) is 0.